The molecule has 1 rings (SSSR count). The average Bonchev–Trinajstić information content (AvgIpc) is 2.36. The maximum absolute atomic E-state index is 11.1. The van der Waals surface area contributed by atoms with E-state index in [1.54, 1.807) is 0 Å². The van der Waals surface area contributed by atoms with E-state index in [0.29, 0.717) is 19.7 Å². The number of ether oxygens (including phenoxy) is 1. The number of nitrogens with one attached hydrogen (secondary N) is 1. The summed E-state index contributed by atoms with van der Waals surface area (Å²) in [7, 11) is 0.904. The van der Waals surface area contributed by atoms with Gasteiger partial charge in [-0.2, -0.15) is 0 Å². The SMILES string of the molecule is CNCc1cccc(OCCN(C)CCS(C)(=O)=O)c1. The van der Waals surface area contributed by atoms with Crippen molar-refractivity contribution in [3.63, 3.8) is 0 Å². The molecule has 0 saturated carbocycles. The molecule has 114 valence electrons. The van der Waals surface area contributed by atoms with Gasteiger partial charge in [0.1, 0.15) is 22.2 Å². The Morgan fingerprint density at radius 2 is 2.05 bits per heavy atom. The van der Waals surface area contributed by atoms with Gasteiger partial charge in [0, 0.05) is 25.9 Å². The van der Waals surface area contributed by atoms with Gasteiger partial charge < -0.3 is 15.0 Å². The number of likely N-dealkylation sites (N-methyl/N-ethyl adjacent to an activating group) is 1. The van der Waals surface area contributed by atoms with Gasteiger partial charge in [0.2, 0.25) is 0 Å². The van der Waals surface area contributed by atoms with Crippen molar-refractivity contribution in [3.8, 4) is 5.75 Å². The molecule has 0 radical (unpaired) electrons. The Balaban J connectivity index is 2.31. The number of nitrogens with zero attached hydrogens (tertiary/aromatic N) is 1. The first-order valence-corrected chi connectivity index (χ1v) is 8.69. The molecule has 6 heteroatoms. The molecule has 1 aromatic carbocycles. The lowest BCUT2D eigenvalue weighted by molar-refractivity contribution is 0.244. The average molecular weight is 300 g/mol. The van der Waals surface area contributed by atoms with Gasteiger partial charge in [-0.1, -0.05) is 12.1 Å². The van der Waals surface area contributed by atoms with Crippen molar-refractivity contribution >= 4 is 9.84 Å². The molecule has 20 heavy (non-hydrogen) atoms. The summed E-state index contributed by atoms with van der Waals surface area (Å²) in [6.45, 7) is 2.59. The van der Waals surface area contributed by atoms with Gasteiger partial charge in [-0.05, 0) is 31.8 Å². The third-order valence-electron chi connectivity index (χ3n) is 2.86. The Kier molecular flexibility index (Phi) is 6.98. The first-order valence-electron chi connectivity index (χ1n) is 6.63. The highest BCUT2D eigenvalue weighted by Crippen LogP contribution is 2.13. The van der Waals surface area contributed by atoms with Crippen molar-refractivity contribution in [1.82, 2.24) is 10.2 Å². The van der Waals surface area contributed by atoms with Crippen LogP contribution >= 0.6 is 0 Å². The van der Waals surface area contributed by atoms with Crippen molar-refractivity contribution in [2.45, 2.75) is 6.54 Å². The first kappa shape index (κ1) is 16.9. The standard InChI is InChI=1S/C14H24N2O3S/c1-15-12-13-5-4-6-14(11-13)19-9-7-16(2)8-10-20(3,17)18/h4-6,11,15H,7-10,12H2,1-3H3. The van der Waals surface area contributed by atoms with Gasteiger partial charge in [0.05, 0.1) is 5.75 Å². The van der Waals surface area contributed by atoms with Gasteiger partial charge in [-0.15, -0.1) is 0 Å². The summed E-state index contributed by atoms with van der Waals surface area (Å²) in [6, 6.07) is 7.94. The normalized spacial score (nSPS) is 11.8. The van der Waals surface area contributed by atoms with Crippen LogP contribution < -0.4 is 10.1 Å². The number of hydrogen-bond donors (Lipinski definition) is 1. The predicted octanol–water partition coefficient (Wildman–Crippen LogP) is 0.761. The van der Waals surface area contributed by atoms with Crippen LogP contribution in [0.25, 0.3) is 0 Å². The van der Waals surface area contributed by atoms with Crippen LogP contribution in [0.1, 0.15) is 5.56 Å². The van der Waals surface area contributed by atoms with E-state index in [2.05, 4.69) is 5.32 Å². The zero-order chi connectivity index (χ0) is 15.0. The second-order valence-electron chi connectivity index (χ2n) is 4.96. The highest BCUT2D eigenvalue weighted by molar-refractivity contribution is 7.90. The third-order valence-corrected chi connectivity index (χ3v) is 3.79. The molecular weight excluding hydrogens is 276 g/mol. The van der Waals surface area contributed by atoms with Gasteiger partial charge in [-0.3, -0.25) is 0 Å². The quantitative estimate of drug-likeness (QED) is 0.730. The first-order chi connectivity index (χ1) is 9.40. The Labute approximate surface area is 121 Å². The maximum atomic E-state index is 11.1. The predicted molar refractivity (Wildman–Crippen MR) is 81.9 cm³/mol. The van der Waals surface area contributed by atoms with Crippen LogP contribution in [0.5, 0.6) is 5.75 Å². The van der Waals surface area contributed by atoms with Crippen molar-refractivity contribution in [1.29, 1.82) is 0 Å². The summed E-state index contributed by atoms with van der Waals surface area (Å²) < 4.78 is 27.8. The van der Waals surface area contributed by atoms with E-state index in [9.17, 15) is 8.42 Å². The molecule has 0 heterocycles. The molecule has 0 aliphatic heterocycles. The highest BCUT2D eigenvalue weighted by atomic mass is 32.2. The minimum absolute atomic E-state index is 0.182. The van der Waals surface area contributed by atoms with Crippen LogP contribution in [-0.2, 0) is 16.4 Å². The summed E-state index contributed by atoms with van der Waals surface area (Å²) >= 11 is 0. The van der Waals surface area contributed by atoms with Gasteiger partial charge in [0.25, 0.3) is 0 Å². The Hall–Kier alpha value is -1.11. The van der Waals surface area contributed by atoms with Crippen LogP contribution in [-0.4, -0.2) is 59.1 Å². The Morgan fingerprint density at radius 1 is 1.30 bits per heavy atom. The summed E-state index contributed by atoms with van der Waals surface area (Å²) in [5.41, 5.74) is 1.18. The van der Waals surface area contributed by atoms with E-state index in [1.165, 1.54) is 11.8 Å². The summed E-state index contributed by atoms with van der Waals surface area (Å²) in [6.07, 6.45) is 1.25. The van der Waals surface area contributed by atoms with E-state index in [-0.39, 0.29) is 5.75 Å². The Bertz CT molecular complexity index is 503. The second kappa shape index (κ2) is 8.24. The molecule has 5 nitrogen and oxygen atoms in total. The number of benzene rings is 1. The molecule has 0 aromatic heterocycles. The highest BCUT2D eigenvalue weighted by Gasteiger charge is 2.05. The maximum Gasteiger partial charge on any atom is 0.148 e. The van der Waals surface area contributed by atoms with E-state index < -0.39 is 9.84 Å². The van der Waals surface area contributed by atoms with Gasteiger partial charge in [-0.25, -0.2) is 8.42 Å². The van der Waals surface area contributed by atoms with Gasteiger partial charge in [0.15, 0.2) is 0 Å². The fourth-order valence-corrected chi connectivity index (χ4v) is 2.35. The fraction of sp³-hybridized carbons (Fsp3) is 0.571. The summed E-state index contributed by atoms with van der Waals surface area (Å²) in [4.78, 5) is 1.96. The molecule has 0 bridgehead atoms. The molecule has 1 aromatic rings. The minimum Gasteiger partial charge on any atom is -0.492 e. The number of hydrogen-bond acceptors (Lipinski definition) is 5. The van der Waals surface area contributed by atoms with Crippen LogP contribution in [0.2, 0.25) is 0 Å². The molecular formula is C14H24N2O3S. The number of sulfone groups is 1. The zero-order valence-electron chi connectivity index (χ0n) is 12.4. The van der Waals surface area contributed by atoms with Crippen molar-refractivity contribution in [2.75, 3.05) is 45.8 Å². The molecule has 1 N–H and O–H groups in total. The molecule has 0 fully saturated rings. The van der Waals surface area contributed by atoms with E-state index in [1.807, 2.05) is 43.3 Å². The van der Waals surface area contributed by atoms with Crippen LogP contribution in [0.3, 0.4) is 0 Å². The molecule has 0 aliphatic rings. The van der Waals surface area contributed by atoms with E-state index in [0.717, 1.165) is 12.3 Å². The molecule has 0 amide bonds. The lowest BCUT2D eigenvalue weighted by atomic mass is 10.2. The van der Waals surface area contributed by atoms with Crippen LogP contribution in [0, 0.1) is 0 Å². The van der Waals surface area contributed by atoms with Crippen molar-refractivity contribution < 1.29 is 13.2 Å². The summed E-state index contributed by atoms with van der Waals surface area (Å²) in [5.74, 6) is 1.02. The van der Waals surface area contributed by atoms with Crippen molar-refractivity contribution in [3.05, 3.63) is 29.8 Å². The second-order valence-corrected chi connectivity index (χ2v) is 7.22. The molecule has 0 saturated heterocycles. The molecule has 0 unspecified atom stereocenters. The zero-order valence-corrected chi connectivity index (χ0v) is 13.2. The van der Waals surface area contributed by atoms with Crippen LogP contribution in [0.15, 0.2) is 24.3 Å². The smallest absolute Gasteiger partial charge is 0.148 e. The lowest BCUT2D eigenvalue weighted by Gasteiger charge is -2.16. The van der Waals surface area contributed by atoms with Crippen LogP contribution in [0.4, 0.5) is 0 Å². The lowest BCUT2D eigenvalue weighted by Crippen LogP contribution is -2.29. The monoisotopic (exact) mass is 300 g/mol. The third kappa shape index (κ3) is 7.47. The largest absolute Gasteiger partial charge is 0.492 e. The molecule has 0 atom stereocenters. The summed E-state index contributed by atoms with van der Waals surface area (Å²) in [5, 5.41) is 3.10. The number of rotatable bonds is 9. The Morgan fingerprint density at radius 3 is 2.70 bits per heavy atom. The van der Waals surface area contributed by atoms with Crippen molar-refractivity contribution in [2.24, 2.45) is 0 Å². The van der Waals surface area contributed by atoms with Gasteiger partial charge >= 0.3 is 0 Å². The topological polar surface area (TPSA) is 58.6 Å². The fourth-order valence-electron chi connectivity index (χ4n) is 1.70. The van der Waals surface area contributed by atoms with E-state index in [4.69, 9.17) is 4.74 Å². The molecule has 0 aliphatic carbocycles. The minimum atomic E-state index is -2.90. The van der Waals surface area contributed by atoms with E-state index >= 15 is 0 Å². The molecule has 0 spiro atoms.